The summed E-state index contributed by atoms with van der Waals surface area (Å²) < 4.78 is 0.925. The topological polar surface area (TPSA) is 79.5 Å². The van der Waals surface area contributed by atoms with Crippen LogP contribution in [0.25, 0.3) is 10.9 Å². The van der Waals surface area contributed by atoms with Crippen molar-refractivity contribution in [3.63, 3.8) is 0 Å². The Labute approximate surface area is 264 Å². The minimum absolute atomic E-state index is 0.0337. The van der Waals surface area contributed by atoms with Gasteiger partial charge in [-0.15, -0.1) is 0 Å². The largest absolute Gasteiger partial charge is 0.380 e. The van der Waals surface area contributed by atoms with Crippen LogP contribution in [-0.4, -0.2) is 41.5 Å². The number of carbonyl (C=O) groups is 1. The fourth-order valence-corrected chi connectivity index (χ4v) is 7.18. The standard InChI is InChI=1S/C37H44BrN3O2/c1-41(2)21-20-37(43,31-18-7-4-8-19-31)33-25-32(38)24-30-23-29(22-26-12-5-3-6-13-26)34(40-35(30)33)27-14-9-10-15-28(36(39)42)17-11-16-27/h3-8,12-13,18-19,23-25,27-28,43H,9-11,14-17,20-22H2,1-2H3,(H2,39,42). The van der Waals surface area contributed by atoms with Crippen molar-refractivity contribution in [2.24, 2.45) is 11.7 Å². The molecule has 1 aromatic heterocycles. The van der Waals surface area contributed by atoms with Crippen LogP contribution in [0.1, 0.15) is 85.2 Å². The third kappa shape index (κ3) is 7.54. The van der Waals surface area contributed by atoms with Crippen molar-refractivity contribution in [3.05, 3.63) is 111 Å². The average Bonchev–Trinajstić information content (AvgIpc) is 3.12. The highest BCUT2D eigenvalue weighted by Gasteiger charge is 2.35. The Bertz CT molecular complexity index is 1530. The van der Waals surface area contributed by atoms with Gasteiger partial charge in [-0.05, 0) is 87.5 Å². The molecule has 43 heavy (non-hydrogen) atoms. The second-order valence-electron chi connectivity index (χ2n) is 12.5. The summed E-state index contributed by atoms with van der Waals surface area (Å²) in [6.07, 6.45) is 8.04. The number of hydrogen-bond acceptors (Lipinski definition) is 4. The highest BCUT2D eigenvalue weighted by Crippen LogP contribution is 2.41. The first kappa shape index (κ1) is 31.4. The molecule has 5 nitrogen and oxygen atoms in total. The van der Waals surface area contributed by atoms with Crippen LogP contribution in [-0.2, 0) is 16.8 Å². The van der Waals surface area contributed by atoms with Crippen LogP contribution in [0.4, 0.5) is 0 Å². The van der Waals surface area contributed by atoms with Crippen molar-refractivity contribution < 1.29 is 9.90 Å². The summed E-state index contributed by atoms with van der Waals surface area (Å²) >= 11 is 3.77. The van der Waals surface area contributed by atoms with Gasteiger partial charge in [-0.2, -0.15) is 0 Å². The van der Waals surface area contributed by atoms with Gasteiger partial charge in [0.1, 0.15) is 5.60 Å². The maximum Gasteiger partial charge on any atom is 0.220 e. The quantitative estimate of drug-likeness (QED) is 0.196. The number of rotatable bonds is 9. The Balaban J connectivity index is 1.67. The number of hydrogen-bond donors (Lipinski definition) is 2. The average molecular weight is 643 g/mol. The van der Waals surface area contributed by atoms with Crippen LogP contribution < -0.4 is 5.73 Å². The zero-order valence-electron chi connectivity index (χ0n) is 25.4. The van der Waals surface area contributed by atoms with Crippen LogP contribution in [0.3, 0.4) is 0 Å². The van der Waals surface area contributed by atoms with Crippen molar-refractivity contribution in [3.8, 4) is 0 Å². The number of carbonyl (C=O) groups excluding carboxylic acids is 1. The van der Waals surface area contributed by atoms with Gasteiger partial charge in [0.05, 0.1) is 5.52 Å². The number of aromatic nitrogens is 1. The molecule has 1 fully saturated rings. The number of primary amides is 1. The first-order chi connectivity index (χ1) is 20.7. The van der Waals surface area contributed by atoms with Gasteiger partial charge in [-0.1, -0.05) is 95.9 Å². The molecular weight excluding hydrogens is 598 g/mol. The van der Waals surface area contributed by atoms with E-state index in [2.05, 4.69) is 69.4 Å². The van der Waals surface area contributed by atoms with Crippen molar-refractivity contribution >= 4 is 32.7 Å². The van der Waals surface area contributed by atoms with E-state index in [9.17, 15) is 9.90 Å². The van der Waals surface area contributed by atoms with Gasteiger partial charge in [-0.3, -0.25) is 9.78 Å². The Morgan fingerprint density at radius 1 is 0.953 bits per heavy atom. The van der Waals surface area contributed by atoms with Gasteiger partial charge in [0.2, 0.25) is 5.91 Å². The number of pyridine rings is 1. The molecule has 1 aliphatic carbocycles. The summed E-state index contributed by atoms with van der Waals surface area (Å²) in [7, 11) is 4.08. The maximum absolute atomic E-state index is 12.6. The first-order valence-corrected chi connectivity index (χ1v) is 16.4. The highest BCUT2D eigenvalue weighted by molar-refractivity contribution is 9.10. The number of amides is 1. The number of fused-ring (bicyclic) bond motifs is 1. The molecule has 4 aromatic rings. The highest BCUT2D eigenvalue weighted by atomic mass is 79.9. The normalized spacial score (nSPS) is 19.4. The monoisotopic (exact) mass is 641 g/mol. The SMILES string of the molecule is CN(C)CCC(O)(c1ccccc1)c1cc(Br)cc2cc(Cc3ccccc3)c(C3CCCCC(C(N)=O)CCC3)nc12. The zero-order valence-corrected chi connectivity index (χ0v) is 27.0. The number of aliphatic hydroxyl groups is 1. The molecule has 226 valence electrons. The van der Waals surface area contributed by atoms with E-state index >= 15 is 0 Å². The molecule has 3 aromatic carbocycles. The molecule has 1 aliphatic rings. The van der Waals surface area contributed by atoms with Gasteiger partial charge in [0.25, 0.3) is 0 Å². The van der Waals surface area contributed by atoms with E-state index in [0.717, 1.165) is 90.1 Å². The summed E-state index contributed by atoms with van der Waals surface area (Å²) in [4.78, 5) is 19.7. The molecule has 6 heteroatoms. The smallest absolute Gasteiger partial charge is 0.220 e. The van der Waals surface area contributed by atoms with Crippen LogP contribution in [0, 0.1) is 5.92 Å². The molecule has 3 N–H and O–H groups in total. The molecule has 1 saturated carbocycles. The Morgan fingerprint density at radius 3 is 2.30 bits per heavy atom. The second kappa shape index (κ2) is 14.1. The lowest BCUT2D eigenvalue weighted by Crippen LogP contribution is -2.32. The van der Waals surface area contributed by atoms with Gasteiger partial charge in [0.15, 0.2) is 0 Å². The molecule has 0 saturated heterocycles. The lowest BCUT2D eigenvalue weighted by molar-refractivity contribution is -0.122. The van der Waals surface area contributed by atoms with E-state index in [1.54, 1.807) is 0 Å². The Morgan fingerprint density at radius 2 is 1.60 bits per heavy atom. The molecule has 5 rings (SSSR count). The van der Waals surface area contributed by atoms with Crippen molar-refractivity contribution in [2.45, 2.75) is 69.3 Å². The second-order valence-corrected chi connectivity index (χ2v) is 13.4. The van der Waals surface area contributed by atoms with Crippen molar-refractivity contribution in [1.29, 1.82) is 0 Å². The lowest BCUT2D eigenvalue weighted by atomic mass is 9.81. The third-order valence-electron chi connectivity index (χ3n) is 9.10. The van der Waals surface area contributed by atoms with Crippen LogP contribution in [0.2, 0.25) is 0 Å². The summed E-state index contributed by atoms with van der Waals surface area (Å²) in [5, 5.41) is 13.6. The maximum atomic E-state index is 12.6. The van der Waals surface area contributed by atoms with Gasteiger partial charge in [0, 0.05) is 39.5 Å². The number of halogens is 1. The fourth-order valence-electron chi connectivity index (χ4n) is 6.71. The van der Waals surface area contributed by atoms with Crippen LogP contribution in [0.5, 0.6) is 0 Å². The molecule has 0 spiro atoms. The third-order valence-corrected chi connectivity index (χ3v) is 9.56. The van der Waals surface area contributed by atoms with E-state index in [-0.39, 0.29) is 17.7 Å². The Hall–Kier alpha value is -3.06. The summed E-state index contributed by atoms with van der Waals surface area (Å²) in [6, 6.07) is 27.1. The molecule has 0 aliphatic heterocycles. The van der Waals surface area contributed by atoms with Crippen LogP contribution >= 0.6 is 15.9 Å². The number of nitrogens with zero attached hydrogens (tertiary/aromatic N) is 2. The molecule has 3 atom stereocenters. The van der Waals surface area contributed by atoms with E-state index in [0.29, 0.717) is 6.42 Å². The van der Waals surface area contributed by atoms with Gasteiger partial charge >= 0.3 is 0 Å². The summed E-state index contributed by atoms with van der Waals surface area (Å²) in [6.45, 7) is 0.724. The van der Waals surface area contributed by atoms with Gasteiger partial charge < -0.3 is 15.7 Å². The molecule has 1 heterocycles. The van der Waals surface area contributed by atoms with E-state index in [1.807, 2.05) is 44.4 Å². The number of benzene rings is 3. The minimum Gasteiger partial charge on any atom is -0.380 e. The molecular formula is C37H44BrN3O2. The predicted molar refractivity (Wildman–Crippen MR) is 179 cm³/mol. The minimum atomic E-state index is -1.22. The summed E-state index contributed by atoms with van der Waals surface area (Å²) in [5.41, 5.74) is 10.7. The first-order valence-electron chi connectivity index (χ1n) is 15.6. The number of nitrogens with two attached hydrogens (primary N) is 1. The predicted octanol–water partition coefficient (Wildman–Crippen LogP) is 7.71. The summed E-state index contributed by atoms with van der Waals surface area (Å²) in [5.74, 6) is 0.0756. The fraction of sp³-hybridized carbons (Fsp3) is 0.405. The molecule has 1 amide bonds. The Kier molecular flexibility index (Phi) is 10.3. The molecule has 0 bridgehead atoms. The van der Waals surface area contributed by atoms with Crippen molar-refractivity contribution in [2.75, 3.05) is 20.6 Å². The van der Waals surface area contributed by atoms with E-state index in [4.69, 9.17) is 10.7 Å². The molecule has 3 unspecified atom stereocenters. The van der Waals surface area contributed by atoms with Crippen LogP contribution in [0.15, 0.2) is 83.3 Å². The van der Waals surface area contributed by atoms with Crippen molar-refractivity contribution in [1.82, 2.24) is 9.88 Å². The molecule has 0 radical (unpaired) electrons. The van der Waals surface area contributed by atoms with E-state index in [1.165, 1.54) is 11.1 Å². The lowest BCUT2D eigenvalue weighted by Gasteiger charge is -2.32. The van der Waals surface area contributed by atoms with E-state index < -0.39 is 5.60 Å². The zero-order chi connectivity index (χ0) is 30.4. The van der Waals surface area contributed by atoms with Gasteiger partial charge in [-0.25, -0.2) is 0 Å².